The van der Waals surface area contributed by atoms with E-state index in [9.17, 15) is 4.39 Å². The zero-order valence-electron chi connectivity index (χ0n) is 9.61. The van der Waals surface area contributed by atoms with Gasteiger partial charge in [0.15, 0.2) is 5.90 Å². The van der Waals surface area contributed by atoms with Crippen molar-refractivity contribution in [3.63, 3.8) is 0 Å². The zero-order chi connectivity index (χ0) is 11.5. The minimum Gasteiger partial charge on any atom is -0.478 e. The molecule has 3 heteroatoms. The zero-order valence-corrected chi connectivity index (χ0v) is 9.61. The summed E-state index contributed by atoms with van der Waals surface area (Å²) in [6.07, 6.45) is 0.656. The van der Waals surface area contributed by atoms with Crippen LogP contribution < -0.4 is 0 Å². The lowest BCUT2D eigenvalue weighted by Crippen LogP contribution is -2.13. The molecular formula is C13H16FNO. The van der Waals surface area contributed by atoms with Crippen LogP contribution in [0, 0.1) is 11.7 Å². The third-order valence-corrected chi connectivity index (χ3v) is 2.77. The molecule has 1 atom stereocenters. The van der Waals surface area contributed by atoms with E-state index in [0.29, 0.717) is 18.9 Å². The highest BCUT2D eigenvalue weighted by Crippen LogP contribution is 2.16. The lowest BCUT2D eigenvalue weighted by atomic mass is 10.1. The standard InChI is InChI=1S/C13H16FNO/c1-9(2)12-8-16-13(15-12)7-10-3-5-11(14)6-4-10/h3-6,9,12H,7-8H2,1-2H3/t12-/m1/s1. The largest absolute Gasteiger partial charge is 0.478 e. The molecule has 2 rings (SSSR count). The van der Waals surface area contributed by atoms with Crippen molar-refractivity contribution in [1.29, 1.82) is 0 Å². The Morgan fingerprint density at radius 2 is 2.06 bits per heavy atom. The van der Waals surface area contributed by atoms with Crippen molar-refractivity contribution >= 4 is 5.90 Å². The fraction of sp³-hybridized carbons (Fsp3) is 0.462. The van der Waals surface area contributed by atoms with Crippen molar-refractivity contribution in [1.82, 2.24) is 0 Å². The molecule has 0 bridgehead atoms. The van der Waals surface area contributed by atoms with Crippen molar-refractivity contribution in [2.45, 2.75) is 26.3 Å². The van der Waals surface area contributed by atoms with E-state index in [4.69, 9.17) is 4.74 Å². The van der Waals surface area contributed by atoms with Gasteiger partial charge in [0.2, 0.25) is 0 Å². The van der Waals surface area contributed by atoms with Gasteiger partial charge in [-0.15, -0.1) is 0 Å². The number of benzene rings is 1. The highest BCUT2D eigenvalue weighted by atomic mass is 19.1. The highest BCUT2D eigenvalue weighted by Gasteiger charge is 2.21. The van der Waals surface area contributed by atoms with Gasteiger partial charge < -0.3 is 4.74 Å². The summed E-state index contributed by atoms with van der Waals surface area (Å²) in [4.78, 5) is 4.51. The van der Waals surface area contributed by atoms with Crippen molar-refractivity contribution in [2.75, 3.05) is 6.61 Å². The Morgan fingerprint density at radius 3 is 2.62 bits per heavy atom. The quantitative estimate of drug-likeness (QED) is 0.769. The van der Waals surface area contributed by atoms with Crippen LogP contribution in [0.1, 0.15) is 19.4 Å². The van der Waals surface area contributed by atoms with Gasteiger partial charge in [-0.3, -0.25) is 0 Å². The molecule has 0 aromatic heterocycles. The number of nitrogens with zero attached hydrogens (tertiary/aromatic N) is 1. The van der Waals surface area contributed by atoms with Crippen LogP contribution in [0.4, 0.5) is 4.39 Å². The fourth-order valence-electron chi connectivity index (χ4n) is 1.66. The van der Waals surface area contributed by atoms with Crippen LogP contribution in [0.15, 0.2) is 29.3 Å². The third-order valence-electron chi connectivity index (χ3n) is 2.77. The molecule has 1 aliphatic rings. The second-order valence-electron chi connectivity index (χ2n) is 4.45. The average molecular weight is 221 g/mol. The van der Waals surface area contributed by atoms with Crippen LogP contribution in [0.25, 0.3) is 0 Å². The second-order valence-corrected chi connectivity index (χ2v) is 4.45. The Balaban J connectivity index is 2.01. The summed E-state index contributed by atoms with van der Waals surface area (Å²) in [7, 11) is 0. The third kappa shape index (κ3) is 2.60. The lowest BCUT2D eigenvalue weighted by molar-refractivity contribution is 0.287. The maximum Gasteiger partial charge on any atom is 0.188 e. The fourth-order valence-corrected chi connectivity index (χ4v) is 1.66. The summed E-state index contributed by atoms with van der Waals surface area (Å²) in [5.74, 6) is 1.06. The van der Waals surface area contributed by atoms with Gasteiger partial charge in [0, 0.05) is 6.42 Å². The molecule has 1 aliphatic heterocycles. The predicted molar refractivity (Wildman–Crippen MR) is 62.1 cm³/mol. The van der Waals surface area contributed by atoms with Crippen LogP contribution in [0.2, 0.25) is 0 Å². The first-order valence-corrected chi connectivity index (χ1v) is 5.59. The maximum atomic E-state index is 12.7. The molecular weight excluding hydrogens is 205 g/mol. The van der Waals surface area contributed by atoms with Gasteiger partial charge in [0.1, 0.15) is 12.4 Å². The number of halogens is 1. The first-order chi connectivity index (χ1) is 7.65. The molecule has 0 aliphatic carbocycles. The molecule has 0 fully saturated rings. The number of ether oxygens (including phenoxy) is 1. The molecule has 0 saturated carbocycles. The average Bonchev–Trinajstić information content (AvgIpc) is 2.70. The Bertz CT molecular complexity index is 383. The van der Waals surface area contributed by atoms with Crippen LogP contribution in [-0.2, 0) is 11.2 Å². The van der Waals surface area contributed by atoms with Gasteiger partial charge in [-0.1, -0.05) is 26.0 Å². The van der Waals surface area contributed by atoms with E-state index in [0.717, 1.165) is 11.5 Å². The molecule has 1 aromatic rings. The van der Waals surface area contributed by atoms with Crippen LogP contribution in [-0.4, -0.2) is 18.5 Å². The van der Waals surface area contributed by atoms with E-state index in [1.165, 1.54) is 12.1 Å². The molecule has 0 N–H and O–H groups in total. The van der Waals surface area contributed by atoms with Crippen LogP contribution >= 0.6 is 0 Å². The van der Waals surface area contributed by atoms with Gasteiger partial charge in [-0.05, 0) is 23.6 Å². The van der Waals surface area contributed by atoms with Gasteiger partial charge in [0.05, 0.1) is 6.04 Å². The highest BCUT2D eigenvalue weighted by molar-refractivity contribution is 5.80. The van der Waals surface area contributed by atoms with Crippen LogP contribution in [0.3, 0.4) is 0 Å². The lowest BCUT2D eigenvalue weighted by Gasteiger charge is -2.06. The summed E-state index contributed by atoms with van der Waals surface area (Å²) in [6.45, 7) is 4.95. The van der Waals surface area contributed by atoms with E-state index < -0.39 is 0 Å². The molecule has 0 unspecified atom stereocenters. The van der Waals surface area contributed by atoms with Crippen molar-refractivity contribution in [3.05, 3.63) is 35.6 Å². The molecule has 0 spiro atoms. The summed E-state index contributed by atoms with van der Waals surface area (Å²) in [5.41, 5.74) is 1.03. The summed E-state index contributed by atoms with van der Waals surface area (Å²) in [5, 5.41) is 0. The summed E-state index contributed by atoms with van der Waals surface area (Å²) >= 11 is 0. The topological polar surface area (TPSA) is 21.6 Å². The van der Waals surface area contributed by atoms with E-state index in [2.05, 4.69) is 18.8 Å². The van der Waals surface area contributed by atoms with Gasteiger partial charge in [-0.25, -0.2) is 9.38 Å². The van der Waals surface area contributed by atoms with Crippen LogP contribution in [0.5, 0.6) is 0 Å². The monoisotopic (exact) mass is 221 g/mol. The first-order valence-electron chi connectivity index (χ1n) is 5.59. The molecule has 0 amide bonds. The summed E-state index contributed by atoms with van der Waals surface area (Å²) in [6, 6.07) is 6.74. The minimum atomic E-state index is -0.210. The van der Waals surface area contributed by atoms with Crippen molar-refractivity contribution in [2.24, 2.45) is 10.9 Å². The van der Waals surface area contributed by atoms with E-state index in [1.54, 1.807) is 12.1 Å². The van der Waals surface area contributed by atoms with Gasteiger partial charge in [-0.2, -0.15) is 0 Å². The second kappa shape index (κ2) is 4.64. The molecule has 0 radical (unpaired) electrons. The molecule has 86 valence electrons. The minimum absolute atomic E-state index is 0.210. The Labute approximate surface area is 95.2 Å². The van der Waals surface area contributed by atoms with E-state index in [1.807, 2.05) is 0 Å². The SMILES string of the molecule is CC(C)[C@H]1COC(Cc2ccc(F)cc2)=N1. The maximum absolute atomic E-state index is 12.7. The van der Waals surface area contributed by atoms with E-state index >= 15 is 0 Å². The Morgan fingerprint density at radius 1 is 1.38 bits per heavy atom. The van der Waals surface area contributed by atoms with Crippen molar-refractivity contribution < 1.29 is 9.13 Å². The first kappa shape index (κ1) is 11.1. The number of hydrogen-bond acceptors (Lipinski definition) is 2. The van der Waals surface area contributed by atoms with Crippen molar-refractivity contribution in [3.8, 4) is 0 Å². The molecule has 1 aromatic carbocycles. The number of rotatable bonds is 3. The van der Waals surface area contributed by atoms with E-state index in [-0.39, 0.29) is 11.9 Å². The van der Waals surface area contributed by atoms with Gasteiger partial charge in [0.25, 0.3) is 0 Å². The molecule has 2 nitrogen and oxygen atoms in total. The Kier molecular flexibility index (Phi) is 3.22. The Hall–Kier alpha value is -1.38. The smallest absolute Gasteiger partial charge is 0.188 e. The normalized spacial score (nSPS) is 19.8. The predicted octanol–water partition coefficient (Wildman–Crippen LogP) is 2.82. The number of hydrogen-bond donors (Lipinski definition) is 0. The molecule has 1 heterocycles. The number of aliphatic imine (C=N–C) groups is 1. The molecule has 0 saturated heterocycles. The molecule has 16 heavy (non-hydrogen) atoms. The summed E-state index contributed by atoms with van der Waals surface area (Å²) < 4.78 is 18.2. The van der Waals surface area contributed by atoms with Gasteiger partial charge >= 0.3 is 0 Å².